The van der Waals surface area contributed by atoms with Gasteiger partial charge in [0, 0.05) is 54.3 Å². The molecule has 0 radical (unpaired) electrons. The van der Waals surface area contributed by atoms with Crippen LogP contribution in [0.1, 0.15) is 34.7 Å². The first-order valence-corrected chi connectivity index (χ1v) is 12.2. The molecule has 1 amide bonds. The highest BCUT2D eigenvalue weighted by molar-refractivity contribution is 5.88. The van der Waals surface area contributed by atoms with E-state index in [1.165, 1.54) is 24.3 Å². The maximum absolute atomic E-state index is 14.3. The van der Waals surface area contributed by atoms with E-state index in [2.05, 4.69) is 10.3 Å². The third-order valence-corrected chi connectivity index (χ3v) is 6.51. The van der Waals surface area contributed by atoms with Crippen LogP contribution in [-0.2, 0) is 17.9 Å². The van der Waals surface area contributed by atoms with Gasteiger partial charge in [0.1, 0.15) is 5.82 Å². The quantitative estimate of drug-likeness (QED) is 0.196. The molecule has 8 heteroatoms. The standard InChI is InChI=1S/C30H25FN4O3/c31-23-10-6-9-22(15-23)26(17-30(36)33-18-24-11-4-5-14-32-24)28-20-34(19-21-7-2-1-3-8-21)29-13-12-25(35(37)38)16-27(28)29/h1-16,20,26H,17-19H2,(H,33,36)/t26-/m1/s1. The van der Waals surface area contributed by atoms with E-state index in [1.807, 2.05) is 53.2 Å². The predicted molar refractivity (Wildman–Crippen MR) is 143 cm³/mol. The summed E-state index contributed by atoms with van der Waals surface area (Å²) in [6, 6.07) is 26.2. The number of non-ortho nitro benzene ring substituents is 1. The van der Waals surface area contributed by atoms with Crippen molar-refractivity contribution in [3.05, 3.63) is 142 Å². The molecule has 1 atom stereocenters. The van der Waals surface area contributed by atoms with Crippen molar-refractivity contribution in [1.82, 2.24) is 14.9 Å². The predicted octanol–water partition coefficient (Wildman–Crippen LogP) is 5.97. The average molecular weight is 509 g/mol. The third kappa shape index (κ3) is 5.59. The van der Waals surface area contributed by atoms with Gasteiger partial charge >= 0.3 is 0 Å². The monoisotopic (exact) mass is 508 g/mol. The molecule has 0 spiro atoms. The number of pyridine rings is 1. The largest absolute Gasteiger partial charge is 0.350 e. The Morgan fingerprint density at radius 3 is 2.55 bits per heavy atom. The summed E-state index contributed by atoms with van der Waals surface area (Å²) < 4.78 is 16.3. The first kappa shape index (κ1) is 24.8. The minimum Gasteiger partial charge on any atom is -0.350 e. The van der Waals surface area contributed by atoms with Crippen LogP contribution in [0.5, 0.6) is 0 Å². The lowest BCUT2D eigenvalue weighted by molar-refractivity contribution is -0.384. The molecule has 0 aliphatic carbocycles. The van der Waals surface area contributed by atoms with Crippen molar-refractivity contribution < 1.29 is 14.1 Å². The van der Waals surface area contributed by atoms with Crippen LogP contribution in [0.25, 0.3) is 10.9 Å². The minimum atomic E-state index is -0.532. The van der Waals surface area contributed by atoms with Gasteiger partial charge in [0.15, 0.2) is 0 Å². The summed E-state index contributed by atoms with van der Waals surface area (Å²) >= 11 is 0. The third-order valence-electron chi connectivity index (χ3n) is 6.51. The number of amides is 1. The Morgan fingerprint density at radius 1 is 1.00 bits per heavy atom. The second kappa shape index (κ2) is 11.0. The summed E-state index contributed by atoms with van der Waals surface area (Å²) in [5, 5.41) is 15.2. The van der Waals surface area contributed by atoms with Crippen LogP contribution in [0.15, 0.2) is 103 Å². The number of fused-ring (bicyclic) bond motifs is 1. The normalized spacial score (nSPS) is 11.8. The molecule has 190 valence electrons. The summed E-state index contributed by atoms with van der Waals surface area (Å²) in [4.78, 5) is 28.5. The Kier molecular flexibility index (Phi) is 7.21. The molecule has 0 bridgehead atoms. The zero-order valence-electron chi connectivity index (χ0n) is 20.5. The van der Waals surface area contributed by atoms with Crippen LogP contribution in [0.4, 0.5) is 10.1 Å². The number of rotatable bonds is 9. The molecule has 0 aliphatic rings. The second-order valence-corrected chi connectivity index (χ2v) is 9.07. The Balaban J connectivity index is 1.57. The van der Waals surface area contributed by atoms with Crippen molar-refractivity contribution in [3.8, 4) is 0 Å². The van der Waals surface area contributed by atoms with Gasteiger partial charge in [0.05, 0.1) is 17.2 Å². The molecule has 3 aromatic carbocycles. The highest BCUT2D eigenvalue weighted by Gasteiger charge is 2.25. The average Bonchev–Trinajstić information content (AvgIpc) is 3.28. The van der Waals surface area contributed by atoms with Crippen LogP contribution in [-0.4, -0.2) is 20.4 Å². The molecule has 0 saturated carbocycles. The summed E-state index contributed by atoms with van der Waals surface area (Å²) in [5.74, 6) is -1.18. The molecular weight excluding hydrogens is 483 g/mol. The van der Waals surface area contributed by atoms with Gasteiger partial charge in [0.25, 0.3) is 5.69 Å². The molecule has 2 heterocycles. The first-order chi connectivity index (χ1) is 18.5. The molecule has 0 unspecified atom stereocenters. The lowest BCUT2D eigenvalue weighted by atomic mass is 9.88. The fourth-order valence-corrected chi connectivity index (χ4v) is 4.69. The molecule has 1 N–H and O–H groups in total. The molecule has 2 aromatic heterocycles. The van der Waals surface area contributed by atoms with Crippen molar-refractivity contribution in [2.45, 2.75) is 25.4 Å². The summed E-state index contributed by atoms with van der Waals surface area (Å²) in [7, 11) is 0. The number of benzene rings is 3. The van der Waals surface area contributed by atoms with Gasteiger partial charge in [-0.25, -0.2) is 4.39 Å². The number of nitro benzene ring substituents is 1. The second-order valence-electron chi connectivity index (χ2n) is 9.07. The van der Waals surface area contributed by atoms with Crippen molar-refractivity contribution in [2.24, 2.45) is 0 Å². The molecule has 0 aliphatic heterocycles. The van der Waals surface area contributed by atoms with Gasteiger partial charge in [-0.05, 0) is 47.0 Å². The number of hydrogen-bond acceptors (Lipinski definition) is 4. The SMILES string of the molecule is O=C(C[C@H](c1cccc(F)c1)c1cn(Cc2ccccc2)c2ccc([N+](=O)[O-])cc12)NCc1ccccn1. The number of aromatic nitrogens is 2. The fourth-order valence-electron chi connectivity index (χ4n) is 4.69. The van der Waals surface area contributed by atoms with E-state index in [0.29, 0.717) is 17.5 Å². The number of nitro groups is 1. The molecule has 7 nitrogen and oxygen atoms in total. The minimum absolute atomic E-state index is 0.0312. The van der Waals surface area contributed by atoms with Gasteiger partial charge in [-0.1, -0.05) is 48.5 Å². The van der Waals surface area contributed by atoms with Crippen LogP contribution >= 0.6 is 0 Å². The number of carbonyl (C=O) groups excluding carboxylic acids is 1. The van der Waals surface area contributed by atoms with Crippen LogP contribution < -0.4 is 5.32 Å². The molecule has 0 fully saturated rings. The molecule has 5 aromatic rings. The highest BCUT2D eigenvalue weighted by Crippen LogP contribution is 2.37. The van der Waals surface area contributed by atoms with Gasteiger partial charge in [-0.2, -0.15) is 0 Å². The fraction of sp³-hybridized carbons (Fsp3) is 0.133. The van der Waals surface area contributed by atoms with E-state index in [1.54, 1.807) is 30.5 Å². The zero-order valence-corrected chi connectivity index (χ0v) is 20.5. The summed E-state index contributed by atoms with van der Waals surface area (Å²) in [6.07, 6.45) is 3.61. The van der Waals surface area contributed by atoms with E-state index >= 15 is 0 Å². The van der Waals surface area contributed by atoms with Crippen LogP contribution in [0, 0.1) is 15.9 Å². The molecule has 38 heavy (non-hydrogen) atoms. The lowest BCUT2D eigenvalue weighted by Crippen LogP contribution is -2.25. The van der Waals surface area contributed by atoms with Crippen LogP contribution in [0.2, 0.25) is 0 Å². The number of carbonyl (C=O) groups is 1. The maximum atomic E-state index is 14.3. The molecule has 0 saturated heterocycles. The number of halogens is 1. The Hall–Kier alpha value is -4.85. The van der Waals surface area contributed by atoms with E-state index in [9.17, 15) is 19.3 Å². The first-order valence-electron chi connectivity index (χ1n) is 12.2. The summed E-state index contributed by atoms with van der Waals surface area (Å²) in [5.41, 5.74) is 3.86. The number of nitrogens with zero attached hydrogens (tertiary/aromatic N) is 3. The highest BCUT2D eigenvalue weighted by atomic mass is 19.1. The molecular formula is C30H25FN4O3. The summed E-state index contributed by atoms with van der Waals surface area (Å²) in [6.45, 7) is 0.799. The van der Waals surface area contributed by atoms with Gasteiger partial charge in [-0.15, -0.1) is 0 Å². The molecule has 5 rings (SSSR count). The van der Waals surface area contributed by atoms with Crippen molar-refractivity contribution in [1.29, 1.82) is 0 Å². The Labute approximate surface area is 218 Å². The van der Waals surface area contributed by atoms with E-state index < -0.39 is 16.7 Å². The smallest absolute Gasteiger partial charge is 0.270 e. The van der Waals surface area contributed by atoms with Crippen LogP contribution in [0.3, 0.4) is 0 Å². The van der Waals surface area contributed by atoms with Gasteiger partial charge in [0.2, 0.25) is 5.91 Å². The number of hydrogen-bond donors (Lipinski definition) is 1. The topological polar surface area (TPSA) is 90.1 Å². The van der Waals surface area contributed by atoms with E-state index in [-0.39, 0.29) is 24.6 Å². The Bertz CT molecular complexity index is 1590. The lowest BCUT2D eigenvalue weighted by Gasteiger charge is -2.17. The van der Waals surface area contributed by atoms with Gasteiger partial charge < -0.3 is 9.88 Å². The van der Waals surface area contributed by atoms with E-state index in [4.69, 9.17) is 0 Å². The number of nitrogens with one attached hydrogen (secondary N) is 1. The maximum Gasteiger partial charge on any atom is 0.270 e. The van der Waals surface area contributed by atoms with Crippen molar-refractivity contribution in [2.75, 3.05) is 0 Å². The Morgan fingerprint density at radius 2 is 1.82 bits per heavy atom. The van der Waals surface area contributed by atoms with Gasteiger partial charge in [-0.3, -0.25) is 19.9 Å². The van der Waals surface area contributed by atoms with Crippen molar-refractivity contribution in [3.63, 3.8) is 0 Å². The zero-order chi connectivity index (χ0) is 26.5. The van der Waals surface area contributed by atoms with Crippen molar-refractivity contribution >= 4 is 22.5 Å². The van der Waals surface area contributed by atoms with E-state index in [0.717, 1.165) is 22.3 Å².